The molecule has 0 spiro atoms. The van der Waals surface area contributed by atoms with Crippen LogP contribution in [0.5, 0.6) is 0 Å². The predicted octanol–water partition coefficient (Wildman–Crippen LogP) is 5.95. The van der Waals surface area contributed by atoms with Crippen molar-refractivity contribution in [3.63, 3.8) is 0 Å². The maximum Gasteiger partial charge on any atom is 0.186 e. The largest absolute Gasteiger partial charge is 0.394 e. The molecule has 5 rings (SSSR count). The van der Waals surface area contributed by atoms with Gasteiger partial charge in [0.25, 0.3) is 0 Å². The molecule has 4 saturated carbocycles. The molecule has 5 fully saturated rings. The molecule has 44 heavy (non-hydrogen) atoms. The molecule has 0 amide bonds. The normalized spacial score (nSPS) is 47.1. The number of fused-ring (bicyclic) bond motifs is 5. The lowest BCUT2D eigenvalue weighted by molar-refractivity contribution is -0.303. The Morgan fingerprint density at radius 3 is 2.20 bits per heavy atom. The van der Waals surface area contributed by atoms with Crippen LogP contribution >= 0.6 is 0 Å². The molecular formula is C37H66O7. The van der Waals surface area contributed by atoms with Gasteiger partial charge in [0.15, 0.2) is 6.29 Å². The Balaban J connectivity index is 1.11. The van der Waals surface area contributed by atoms with Gasteiger partial charge in [0, 0.05) is 0 Å². The van der Waals surface area contributed by atoms with E-state index in [1.165, 1.54) is 64.2 Å². The third kappa shape index (κ3) is 6.69. The smallest absolute Gasteiger partial charge is 0.186 e. The maximum atomic E-state index is 10.2. The van der Waals surface area contributed by atoms with Crippen molar-refractivity contribution >= 4 is 0 Å². The van der Waals surface area contributed by atoms with Crippen LogP contribution in [0.25, 0.3) is 0 Å². The average Bonchev–Trinajstić information content (AvgIpc) is 3.36. The van der Waals surface area contributed by atoms with Gasteiger partial charge in [0.05, 0.1) is 25.9 Å². The zero-order chi connectivity index (χ0) is 31.8. The standard InChI is InChI=1S/C37H66O7/c1-7-24(22(2)3)9-8-23(4)28-12-13-29-27-11-10-25-20-26(14-16-36(25,5)30(27)15-17-37(28,29)6)42-18-19-43-35-34(41)33(40)32(39)31(21-38)44-35/h22-35,38-41H,7-21H2,1-6H3/t23-,24-,25+,26+,27+,28-,29+,30+,31-,32-,33+,34-,35-,36+,37-/m1/s1. The molecule has 0 bridgehead atoms. The van der Waals surface area contributed by atoms with Crippen LogP contribution in [0.4, 0.5) is 0 Å². The van der Waals surface area contributed by atoms with Gasteiger partial charge < -0.3 is 34.6 Å². The summed E-state index contributed by atoms with van der Waals surface area (Å²) in [7, 11) is 0. The predicted molar refractivity (Wildman–Crippen MR) is 172 cm³/mol. The number of ether oxygens (including phenoxy) is 3. The average molecular weight is 623 g/mol. The second-order valence-electron chi connectivity index (χ2n) is 16.7. The Hall–Kier alpha value is -0.280. The molecule has 1 saturated heterocycles. The SMILES string of the molecule is CC[C@H](CC[C@@H](C)[C@H]1CC[C@H]2[C@@H]3CC[C@H]4C[C@@H](OCCO[C@@H]5O[C@H](CO)[C@@H](O)[C@H](O)[C@H]5O)CC[C@]4(C)[C@H]3CC[C@]12C)C(C)C. The van der Waals surface area contributed by atoms with Gasteiger partial charge in [-0.2, -0.15) is 0 Å². The van der Waals surface area contributed by atoms with E-state index < -0.39 is 37.3 Å². The lowest BCUT2D eigenvalue weighted by Gasteiger charge is -2.61. The van der Waals surface area contributed by atoms with E-state index in [2.05, 4.69) is 41.5 Å². The summed E-state index contributed by atoms with van der Waals surface area (Å²) in [6.07, 6.45) is 10.1. The van der Waals surface area contributed by atoms with Crippen LogP contribution in [-0.2, 0) is 14.2 Å². The fourth-order valence-corrected chi connectivity index (χ4v) is 11.6. The Labute approximate surface area is 267 Å². The summed E-state index contributed by atoms with van der Waals surface area (Å²) in [6, 6.07) is 0. The van der Waals surface area contributed by atoms with E-state index in [9.17, 15) is 20.4 Å². The molecule has 7 nitrogen and oxygen atoms in total. The van der Waals surface area contributed by atoms with Crippen molar-refractivity contribution in [1.82, 2.24) is 0 Å². The Morgan fingerprint density at radius 1 is 0.795 bits per heavy atom. The molecule has 4 aliphatic carbocycles. The fourth-order valence-electron chi connectivity index (χ4n) is 11.6. The third-order valence-corrected chi connectivity index (χ3v) is 14.4. The fraction of sp³-hybridized carbons (Fsp3) is 1.00. The minimum absolute atomic E-state index is 0.224. The molecule has 0 radical (unpaired) electrons. The molecule has 15 atom stereocenters. The summed E-state index contributed by atoms with van der Waals surface area (Å²) in [5.74, 6) is 6.81. The van der Waals surface area contributed by atoms with E-state index in [0.29, 0.717) is 17.4 Å². The molecule has 1 aliphatic heterocycles. The van der Waals surface area contributed by atoms with Crippen LogP contribution in [0.15, 0.2) is 0 Å². The Kier molecular flexibility index (Phi) is 11.5. The zero-order valence-corrected chi connectivity index (χ0v) is 28.7. The van der Waals surface area contributed by atoms with E-state index in [4.69, 9.17) is 14.2 Å². The first-order chi connectivity index (χ1) is 20.9. The summed E-state index contributed by atoms with van der Waals surface area (Å²) >= 11 is 0. The van der Waals surface area contributed by atoms with E-state index >= 15 is 0 Å². The lowest BCUT2D eigenvalue weighted by Crippen LogP contribution is -2.59. The molecule has 0 unspecified atom stereocenters. The zero-order valence-electron chi connectivity index (χ0n) is 28.7. The Morgan fingerprint density at radius 2 is 1.50 bits per heavy atom. The molecule has 1 heterocycles. The minimum atomic E-state index is -1.42. The van der Waals surface area contributed by atoms with Gasteiger partial charge in [-0.05, 0) is 122 Å². The van der Waals surface area contributed by atoms with Crippen molar-refractivity contribution in [1.29, 1.82) is 0 Å². The second-order valence-corrected chi connectivity index (χ2v) is 16.7. The summed E-state index contributed by atoms with van der Waals surface area (Å²) in [5, 5.41) is 39.6. The van der Waals surface area contributed by atoms with Crippen LogP contribution in [0.2, 0.25) is 0 Å². The highest BCUT2D eigenvalue weighted by Gasteiger charge is 2.60. The highest BCUT2D eigenvalue weighted by Crippen LogP contribution is 2.68. The lowest BCUT2D eigenvalue weighted by atomic mass is 9.44. The van der Waals surface area contributed by atoms with Gasteiger partial charge in [0.2, 0.25) is 0 Å². The quantitative estimate of drug-likeness (QED) is 0.199. The van der Waals surface area contributed by atoms with Gasteiger partial charge in [-0.1, -0.05) is 54.4 Å². The van der Waals surface area contributed by atoms with Crippen molar-refractivity contribution < 1.29 is 34.6 Å². The van der Waals surface area contributed by atoms with Gasteiger partial charge >= 0.3 is 0 Å². The van der Waals surface area contributed by atoms with Gasteiger partial charge in [-0.25, -0.2) is 0 Å². The number of rotatable bonds is 12. The van der Waals surface area contributed by atoms with Crippen LogP contribution in [-0.4, -0.2) is 77.1 Å². The summed E-state index contributed by atoms with van der Waals surface area (Å²) in [6.45, 7) is 15.3. The van der Waals surface area contributed by atoms with Crippen molar-refractivity contribution in [2.75, 3.05) is 19.8 Å². The maximum absolute atomic E-state index is 10.2. The van der Waals surface area contributed by atoms with Crippen LogP contribution < -0.4 is 0 Å². The van der Waals surface area contributed by atoms with Gasteiger partial charge in [-0.3, -0.25) is 0 Å². The second kappa shape index (κ2) is 14.5. The Bertz CT molecular complexity index is 912. The highest BCUT2D eigenvalue weighted by molar-refractivity contribution is 5.10. The summed E-state index contributed by atoms with van der Waals surface area (Å²) in [4.78, 5) is 0. The first kappa shape index (κ1) is 35.0. The molecule has 0 aromatic rings. The number of aliphatic hydroxyl groups excluding tert-OH is 4. The molecular weight excluding hydrogens is 556 g/mol. The number of hydrogen-bond donors (Lipinski definition) is 4. The van der Waals surface area contributed by atoms with Crippen molar-refractivity contribution in [3.05, 3.63) is 0 Å². The van der Waals surface area contributed by atoms with E-state index in [0.717, 1.165) is 60.2 Å². The molecule has 5 aliphatic rings. The van der Waals surface area contributed by atoms with Crippen LogP contribution in [0, 0.1) is 58.2 Å². The van der Waals surface area contributed by atoms with Gasteiger partial charge in [0.1, 0.15) is 24.4 Å². The summed E-state index contributed by atoms with van der Waals surface area (Å²) in [5.41, 5.74) is 0.955. The highest BCUT2D eigenvalue weighted by atomic mass is 16.7. The number of hydrogen-bond acceptors (Lipinski definition) is 7. The topological polar surface area (TPSA) is 109 Å². The van der Waals surface area contributed by atoms with Crippen molar-refractivity contribution in [3.8, 4) is 0 Å². The molecule has 4 N–H and O–H groups in total. The van der Waals surface area contributed by atoms with E-state index in [1.54, 1.807) is 0 Å². The minimum Gasteiger partial charge on any atom is -0.394 e. The molecule has 0 aromatic carbocycles. The van der Waals surface area contributed by atoms with Crippen molar-refractivity contribution in [2.24, 2.45) is 58.2 Å². The first-order valence-corrected chi connectivity index (χ1v) is 18.5. The van der Waals surface area contributed by atoms with Crippen molar-refractivity contribution in [2.45, 2.75) is 155 Å². The van der Waals surface area contributed by atoms with E-state index in [-0.39, 0.29) is 12.7 Å². The molecule has 256 valence electrons. The molecule has 0 aromatic heterocycles. The first-order valence-electron chi connectivity index (χ1n) is 18.5. The molecule has 7 heteroatoms. The third-order valence-electron chi connectivity index (χ3n) is 14.4. The van der Waals surface area contributed by atoms with Crippen LogP contribution in [0.1, 0.15) is 119 Å². The van der Waals surface area contributed by atoms with Gasteiger partial charge in [-0.15, -0.1) is 0 Å². The summed E-state index contributed by atoms with van der Waals surface area (Å²) < 4.78 is 17.4. The van der Waals surface area contributed by atoms with Crippen LogP contribution in [0.3, 0.4) is 0 Å². The number of aliphatic hydroxyl groups is 4. The monoisotopic (exact) mass is 622 g/mol. The van der Waals surface area contributed by atoms with E-state index in [1.807, 2.05) is 0 Å².